The fourth-order valence-electron chi connectivity index (χ4n) is 2.84. The summed E-state index contributed by atoms with van der Waals surface area (Å²) in [6, 6.07) is 2.53. The van der Waals surface area contributed by atoms with Crippen LogP contribution in [-0.2, 0) is 10.6 Å². The number of aromatic nitrogens is 1. The van der Waals surface area contributed by atoms with Gasteiger partial charge in [0.2, 0.25) is 34.8 Å². The first-order chi connectivity index (χ1) is 14.6. The van der Waals surface area contributed by atoms with Gasteiger partial charge in [0, 0.05) is 23.6 Å². The number of halogens is 5. The molecular weight excluding hydrogens is 445 g/mol. The van der Waals surface area contributed by atoms with Gasteiger partial charge >= 0.3 is 0 Å². The third kappa shape index (κ3) is 3.87. The molecule has 1 aliphatic heterocycles. The highest BCUT2D eigenvalue weighted by atomic mass is 32.2. The summed E-state index contributed by atoms with van der Waals surface area (Å²) in [5.74, 6) is -12.2. The van der Waals surface area contributed by atoms with Gasteiger partial charge in [-0.2, -0.15) is 8.78 Å². The molecule has 0 unspecified atom stereocenters. The molecule has 0 atom stereocenters. The van der Waals surface area contributed by atoms with Crippen LogP contribution in [0.15, 0.2) is 21.8 Å². The molecule has 31 heavy (non-hydrogen) atoms. The minimum atomic E-state index is -2.29. The first-order valence-corrected chi connectivity index (χ1v) is 9.81. The van der Waals surface area contributed by atoms with Gasteiger partial charge in [0.15, 0.2) is 11.3 Å². The lowest BCUT2D eigenvalue weighted by atomic mass is 10.1. The number of hydrogen-bond donors (Lipinski definition) is 1. The number of thioether (sulfide) groups is 1. The highest BCUT2D eigenvalue weighted by Crippen LogP contribution is 2.38. The maximum Gasteiger partial charge on any atom is 0.207 e. The number of rotatable bonds is 4. The molecular formula is C19H14F5N3O3S. The van der Waals surface area contributed by atoms with E-state index in [-0.39, 0.29) is 22.6 Å². The lowest BCUT2D eigenvalue weighted by molar-refractivity contribution is 0.0123. The van der Waals surface area contributed by atoms with Crippen molar-refractivity contribution < 1.29 is 36.0 Å². The molecule has 3 aromatic rings. The Bertz CT molecular complexity index is 1200. The summed E-state index contributed by atoms with van der Waals surface area (Å²) in [5.41, 5.74) is 6.04. The Labute approximate surface area is 176 Å². The maximum atomic E-state index is 13.9. The summed E-state index contributed by atoms with van der Waals surface area (Å²) in [7, 11) is 0. The standard InChI is InChI=1S/C19H14F5N3O3S/c1-19(2)5-12(27-30-19)31-6-9-7-3-8(25)11(4-10(7)29-26-9)28-18-16(23)14(21)13(20)15(22)17(18)24/h3-4H,5-6,25H2,1-2H3. The molecule has 0 amide bonds. The molecule has 0 saturated carbocycles. The van der Waals surface area contributed by atoms with E-state index in [1.54, 1.807) is 0 Å². The number of nitrogen functional groups attached to an aromatic ring is 1. The minimum Gasteiger partial charge on any atom is -0.449 e. The fraction of sp³-hybridized carbons (Fsp3) is 0.263. The zero-order valence-corrected chi connectivity index (χ0v) is 16.9. The predicted octanol–water partition coefficient (Wildman–Crippen LogP) is 5.64. The number of nitrogens with two attached hydrogens (primary N) is 1. The van der Waals surface area contributed by atoms with Crippen LogP contribution in [0.25, 0.3) is 11.0 Å². The number of nitrogens with zero attached hydrogens (tertiary/aromatic N) is 2. The molecule has 1 aliphatic rings. The molecule has 0 bridgehead atoms. The second-order valence-corrected chi connectivity index (χ2v) is 8.37. The van der Waals surface area contributed by atoms with Gasteiger partial charge in [0.25, 0.3) is 0 Å². The lowest BCUT2D eigenvalue weighted by Crippen LogP contribution is -2.18. The maximum absolute atomic E-state index is 13.9. The largest absolute Gasteiger partial charge is 0.449 e. The molecule has 12 heteroatoms. The van der Waals surface area contributed by atoms with Gasteiger partial charge in [-0.3, -0.25) is 0 Å². The van der Waals surface area contributed by atoms with Crippen LogP contribution in [0.2, 0.25) is 0 Å². The van der Waals surface area contributed by atoms with Crippen molar-refractivity contribution in [3.05, 3.63) is 46.9 Å². The molecule has 2 N–H and O–H groups in total. The van der Waals surface area contributed by atoms with Gasteiger partial charge in [-0.15, -0.1) is 11.8 Å². The zero-order chi connectivity index (χ0) is 22.5. The molecule has 0 spiro atoms. The second-order valence-electron chi connectivity index (χ2n) is 7.32. The van der Waals surface area contributed by atoms with Crippen molar-refractivity contribution in [2.75, 3.05) is 5.73 Å². The van der Waals surface area contributed by atoms with E-state index in [9.17, 15) is 22.0 Å². The number of fused-ring (bicyclic) bond motifs is 1. The average Bonchev–Trinajstić information content (AvgIpc) is 3.28. The van der Waals surface area contributed by atoms with E-state index < -0.39 is 34.8 Å². The van der Waals surface area contributed by atoms with Crippen LogP contribution in [0.3, 0.4) is 0 Å². The van der Waals surface area contributed by atoms with Crippen LogP contribution in [0.5, 0.6) is 11.5 Å². The molecule has 1 aromatic heterocycles. The molecule has 2 heterocycles. The van der Waals surface area contributed by atoms with E-state index in [0.29, 0.717) is 23.3 Å². The van der Waals surface area contributed by atoms with Gasteiger partial charge in [0.05, 0.1) is 5.69 Å². The molecule has 0 saturated heterocycles. The van der Waals surface area contributed by atoms with Crippen molar-refractivity contribution in [1.82, 2.24) is 5.16 Å². The smallest absolute Gasteiger partial charge is 0.207 e. The van der Waals surface area contributed by atoms with E-state index in [2.05, 4.69) is 10.3 Å². The number of oxime groups is 1. The summed E-state index contributed by atoms with van der Waals surface area (Å²) < 4.78 is 77.9. The Balaban J connectivity index is 1.60. The summed E-state index contributed by atoms with van der Waals surface area (Å²) in [6.07, 6.45) is 0.634. The molecule has 0 aliphatic carbocycles. The molecule has 164 valence electrons. The monoisotopic (exact) mass is 459 g/mol. The van der Waals surface area contributed by atoms with Crippen molar-refractivity contribution in [3.63, 3.8) is 0 Å². The first-order valence-electron chi connectivity index (χ1n) is 8.82. The third-order valence-electron chi connectivity index (χ3n) is 4.41. The van der Waals surface area contributed by atoms with Crippen LogP contribution in [-0.4, -0.2) is 15.8 Å². The van der Waals surface area contributed by atoms with Gasteiger partial charge in [-0.05, 0) is 19.9 Å². The Hall–Kier alpha value is -3.02. The summed E-state index contributed by atoms with van der Waals surface area (Å²) in [4.78, 5) is 5.29. The quantitative estimate of drug-likeness (QED) is 0.235. The summed E-state index contributed by atoms with van der Waals surface area (Å²) in [5, 5.41) is 9.21. The van der Waals surface area contributed by atoms with Crippen molar-refractivity contribution in [2.24, 2.45) is 5.16 Å². The molecule has 2 aromatic carbocycles. The number of hydrogen-bond acceptors (Lipinski definition) is 7. The topological polar surface area (TPSA) is 82.9 Å². The van der Waals surface area contributed by atoms with Crippen LogP contribution >= 0.6 is 11.8 Å². The van der Waals surface area contributed by atoms with Gasteiger partial charge < -0.3 is 19.8 Å². The molecule has 0 fully saturated rings. The third-order valence-corrected chi connectivity index (χ3v) is 5.38. The van der Waals surface area contributed by atoms with Crippen molar-refractivity contribution in [2.45, 2.75) is 31.6 Å². The van der Waals surface area contributed by atoms with Crippen LogP contribution < -0.4 is 10.5 Å². The van der Waals surface area contributed by atoms with E-state index >= 15 is 0 Å². The summed E-state index contributed by atoms with van der Waals surface area (Å²) >= 11 is 1.39. The SMILES string of the molecule is CC1(C)CC(SCc2noc3cc(Oc4c(F)c(F)c(F)c(F)c4F)c(N)cc23)=NO1. The highest BCUT2D eigenvalue weighted by molar-refractivity contribution is 8.13. The van der Waals surface area contributed by atoms with Gasteiger partial charge in [-0.25, -0.2) is 13.2 Å². The number of anilines is 1. The van der Waals surface area contributed by atoms with Crippen LogP contribution in [0.4, 0.5) is 27.6 Å². The number of ether oxygens (including phenoxy) is 1. The number of benzene rings is 2. The van der Waals surface area contributed by atoms with E-state index in [0.717, 1.165) is 11.1 Å². The van der Waals surface area contributed by atoms with E-state index in [4.69, 9.17) is 19.8 Å². The van der Waals surface area contributed by atoms with Crippen molar-refractivity contribution in [3.8, 4) is 11.5 Å². The normalized spacial score (nSPS) is 15.3. The Morgan fingerprint density at radius 2 is 1.71 bits per heavy atom. The van der Waals surface area contributed by atoms with Gasteiger partial charge in [-0.1, -0.05) is 10.3 Å². The molecule has 0 radical (unpaired) electrons. The fourth-order valence-corrected chi connectivity index (χ4v) is 3.89. The molecule has 4 rings (SSSR count). The highest BCUT2D eigenvalue weighted by Gasteiger charge is 2.30. The van der Waals surface area contributed by atoms with Gasteiger partial charge in [0.1, 0.15) is 16.3 Å². The first kappa shape index (κ1) is 21.2. The Kier molecular flexibility index (Phi) is 5.20. The van der Waals surface area contributed by atoms with Crippen molar-refractivity contribution >= 4 is 33.5 Å². The minimum absolute atomic E-state index is 0.117. The lowest BCUT2D eigenvalue weighted by Gasteiger charge is -2.12. The van der Waals surface area contributed by atoms with E-state index in [1.165, 1.54) is 17.8 Å². The Morgan fingerprint density at radius 1 is 1.06 bits per heavy atom. The zero-order valence-electron chi connectivity index (χ0n) is 16.1. The van der Waals surface area contributed by atoms with Crippen LogP contribution in [0.1, 0.15) is 26.0 Å². The predicted molar refractivity (Wildman–Crippen MR) is 103 cm³/mol. The average molecular weight is 459 g/mol. The molecule has 6 nitrogen and oxygen atoms in total. The summed E-state index contributed by atoms with van der Waals surface area (Å²) in [6.45, 7) is 3.81. The second kappa shape index (κ2) is 7.59. The van der Waals surface area contributed by atoms with Crippen LogP contribution in [0, 0.1) is 29.1 Å². The van der Waals surface area contributed by atoms with Crippen molar-refractivity contribution in [1.29, 1.82) is 0 Å². The Morgan fingerprint density at radius 3 is 2.32 bits per heavy atom. The van der Waals surface area contributed by atoms with E-state index in [1.807, 2.05) is 13.8 Å².